The van der Waals surface area contributed by atoms with Crippen LogP contribution in [0, 0.1) is 0 Å². The Hall–Kier alpha value is -1.10. The molecule has 4 nitrogen and oxygen atoms in total. The Morgan fingerprint density at radius 2 is 2.50 bits per heavy atom. The van der Waals surface area contributed by atoms with Crippen LogP contribution in [0.25, 0.3) is 0 Å². The number of pyridine rings is 1. The molecule has 0 saturated carbocycles. The maximum absolute atomic E-state index is 10.9. The third-order valence-corrected chi connectivity index (χ3v) is 2.28. The quantitative estimate of drug-likeness (QED) is 0.833. The lowest BCUT2D eigenvalue weighted by Crippen LogP contribution is -2.33. The van der Waals surface area contributed by atoms with E-state index >= 15 is 0 Å². The van der Waals surface area contributed by atoms with Crippen molar-refractivity contribution in [2.24, 2.45) is 5.73 Å². The number of nitrogens with two attached hydrogens (primary N) is 1. The molecule has 0 fully saturated rings. The molecular weight excluding hydrogens is 248 g/mol. The summed E-state index contributed by atoms with van der Waals surface area (Å²) in [5.41, 5.74) is 5.15. The van der Waals surface area contributed by atoms with Crippen LogP contribution < -0.4 is 10.5 Å². The van der Waals surface area contributed by atoms with E-state index in [0.29, 0.717) is 16.8 Å². The first-order chi connectivity index (χ1) is 6.65. The molecule has 5 heteroatoms. The van der Waals surface area contributed by atoms with Crippen molar-refractivity contribution in [3.63, 3.8) is 0 Å². The molecule has 1 amide bonds. The number of nitrogens with zero attached hydrogens (tertiary/aromatic N) is 1. The second-order valence-electron chi connectivity index (χ2n) is 2.71. The standard InChI is InChI=1S/C9H11BrN2O2/c1-2-6(9(11)13)14-7-4-3-5-12-8(7)10/h3-6H,2H2,1H3,(H2,11,13). The molecule has 0 spiro atoms. The van der Waals surface area contributed by atoms with Crippen LogP contribution in [0.1, 0.15) is 13.3 Å². The van der Waals surface area contributed by atoms with Gasteiger partial charge in [-0.3, -0.25) is 4.79 Å². The number of carbonyl (C=O) groups excluding carboxylic acids is 1. The fourth-order valence-corrected chi connectivity index (χ4v) is 1.30. The Balaban J connectivity index is 2.77. The monoisotopic (exact) mass is 258 g/mol. The summed E-state index contributed by atoms with van der Waals surface area (Å²) in [6.45, 7) is 1.83. The lowest BCUT2D eigenvalue weighted by atomic mass is 10.2. The van der Waals surface area contributed by atoms with Crippen molar-refractivity contribution in [3.05, 3.63) is 22.9 Å². The molecule has 0 aliphatic rings. The first-order valence-corrected chi connectivity index (χ1v) is 5.01. The van der Waals surface area contributed by atoms with E-state index in [0.717, 1.165) is 0 Å². The highest BCUT2D eigenvalue weighted by atomic mass is 79.9. The summed E-state index contributed by atoms with van der Waals surface area (Å²) < 4.78 is 5.94. The maximum Gasteiger partial charge on any atom is 0.258 e. The summed E-state index contributed by atoms with van der Waals surface area (Å²) in [6, 6.07) is 3.45. The van der Waals surface area contributed by atoms with Gasteiger partial charge in [0.25, 0.3) is 5.91 Å². The van der Waals surface area contributed by atoms with E-state index in [1.165, 1.54) is 0 Å². The van der Waals surface area contributed by atoms with E-state index in [4.69, 9.17) is 10.5 Å². The fourth-order valence-electron chi connectivity index (χ4n) is 0.955. The van der Waals surface area contributed by atoms with Gasteiger partial charge in [0.15, 0.2) is 11.9 Å². The molecule has 0 radical (unpaired) electrons. The minimum Gasteiger partial charge on any atom is -0.478 e. The van der Waals surface area contributed by atoms with Crippen LogP contribution in [0.3, 0.4) is 0 Å². The molecule has 1 rings (SSSR count). The van der Waals surface area contributed by atoms with Crippen LogP contribution >= 0.6 is 15.9 Å². The van der Waals surface area contributed by atoms with Crippen LogP contribution in [0.15, 0.2) is 22.9 Å². The van der Waals surface area contributed by atoms with Crippen molar-refractivity contribution in [3.8, 4) is 5.75 Å². The molecule has 0 bridgehead atoms. The van der Waals surface area contributed by atoms with Crippen molar-refractivity contribution in [2.75, 3.05) is 0 Å². The van der Waals surface area contributed by atoms with E-state index < -0.39 is 12.0 Å². The number of amides is 1. The number of ether oxygens (including phenoxy) is 1. The van der Waals surface area contributed by atoms with E-state index in [9.17, 15) is 4.79 Å². The molecule has 0 aromatic carbocycles. The van der Waals surface area contributed by atoms with Gasteiger partial charge in [0.2, 0.25) is 0 Å². The topological polar surface area (TPSA) is 65.2 Å². The Morgan fingerprint density at radius 3 is 3.00 bits per heavy atom. The van der Waals surface area contributed by atoms with Crippen LogP contribution in [0.2, 0.25) is 0 Å². The lowest BCUT2D eigenvalue weighted by molar-refractivity contribution is -0.124. The minimum absolute atomic E-state index is 0.469. The number of hydrogen-bond acceptors (Lipinski definition) is 3. The summed E-state index contributed by atoms with van der Waals surface area (Å²) in [4.78, 5) is 14.9. The highest BCUT2D eigenvalue weighted by Gasteiger charge is 2.15. The van der Waals surface area contributed by atoms with Gasteiger partial charge >= 0.3 is 0 Å². The molecule has 1 heterocycles. The molecule has 1 aromatic rings. The molecule has 2 N–H and O–H groups in total. The lowest BCUT2D eigenvalue weighted by Gasteiger charge is -2.14. The van der Waals surface area contributed by atoms with Crippen LogP contribution in [-0.2, 0) is 4.79 Å². The Labute approximate surface area is 90.6 Å². The smallest absolute Gasteiger partial charge is 0.258 e. The molecular formula is C9H11BrN2O2. The number of primary amides is 1. The SMILES string of the molecule is CCC(Oc1cccnc1Br)C(N)=O. The van der Waals surface area contributed by atoms with Gasteiger partial charge in [0.1, 0.15) is 4.60 Å². The predicted octanol–water partition coefficient (Wildman–Crippen LogP) is 1.49. The highest BCUT2D eigenvalue weighted by molar-refractivity contribution is 9.10. The minimum atomic E-state index is -0.601. The Bertz CT molecular complexity index is 330. The zero-order valence-corrected chi connectivity index (χ0v) is 9.32. The number of halogens is 1. The van der Waals surface area contributed by atoms with Crippen LogP contribution in [0.4, 0.5) is 0 Å². The zero-order chi connectivity index (χ0) is 10.6. The number of hydrogen-bond donors (Lipinski definition) is 1. The van der Waals surface area contributed by atoms with E-state index in [1.54, 1.807) is 18.3 Å². The van der Waals surface area contributed by atoms with Crippen LogP contribution in [0.5, 0.6) is 5.75 Å². The van der Waals surface area contributed by atoms with Gasteiger partial charge in [-0.05, 0) is 34.5 Å². The van der Waals surface area contributed by atoms with Crippen LogP contribution in [-0.4, -0.2) is 17.0 Å². The van der Waals surface area contributed by atoms with Gasteiger partial charge in [-0.1, -0.05) is 6.92 Å². The first kappa shape index (κ1) is 11.0. The maximum atomic E-state index is 10.9. The van der Waals surface area contributed by atoms with Gasteiger partial charge in [0, 0.05) is 6.20 Å². The average Bonchev–Trinajstić information content (AvgIpc) is 2.16. The van der Waals surface area contributed by atoms with Crippen molar-refractivity contribution < 1.29 is 9.53 Å². The molecule has 0 aliphatic carbocycles. The third-order valence-electron chi connectivity index (χ3n) is 1.68. The van der Waals surface area contributed by atoms with Gasteiger partial charge in [-0.25, -0.2) is 4.98 Å². The summed E-state index contributed by atoms with van der Waals surface area (Å²) in [6.07, 6.45) is 1.56. The Kier molecular flexibility index (Phi) is 3.88. The Morgan fingerprint density at radius 1 is 1.79 bits per heavy atom. The van der Waals surface area contributed by atoms with Crippen molar-refractivity contribution >= 4 is 21.8 Å². The van der Waals surface area contributed by atoms with Crippen molar-refractivity contribution in [1.29, 1.82) is 0 Å². The van der Waals surface area contributed by atoms with Gasteiger partial charge < -0.3 is 10.5 Å². The third kappa shape index (κ3) is 2.70. The van der Waals surface area contributed by atoms with Crippen molar-refractivity contribution in [1.82, 2.24) is 4.98 Å². The first-order valence-electron chi connectivity index (χ1n) is 4.21. The normalized spacial score (nSPS) is 12.1. The van der Waals surface area contributed by atoms with E-state index in [-0.39, 0.29) is 0 Å². The fraction of sp³-hybridized carbons (Fsp3) is 0.333. The van der Waals surface area contributed by atoms with Gasteiger partial charge in [-0.2, -0.15) is 0 Å². The zero-order valence-electron chi connectivity index (χ0n) is 7.74. The summed E-state index contributed by atoms with van der Waals surface area (Å²) in [5.74, 6) is 0.0569. The highest BCUT2D eigenvalue weighted by Crippen LogP contribution is 2.22. The van der Waals surface area contributed by atoms with Gasteiger partial charge in [-0.15, -0.1) is 0 Å². The molecule has 1 aromatic heterocycles. The van der Waals surface area contributed by atoms with Crippen molar-refractivity contribution in [2.45, 2.75) is 19.4 Å². The second-order valence-corrected chi connectivity index (χ2v) is 3.46. The second kappa shape index (κ2) is 4.95. The number of carbonyl (C=O) groups is 1. The molecule has 14 heavy (non-hydrogen) atoms. The number of aromatic nitrogens is 1. The molecule has 76 valence electrons. The van der Waals surface area contributed by atoms with E-state index in [1.807, 2.05) is 6.92 Å². The summed E-state index contributed by atoms with van der Waals surface area (Å²) >= 11 is 3.21. The van der Waals surface area contributed by atoms with E-state index in [2.05, 4.69) is 20.9 Å². The van der Waals surface area contributed by atoms with Gasteiger partial charge in [0.05, 0.1) is 0 Å². The predicted molar refractivity (Wildman–Crippen MR) is 55.8 cm³/mol. The largest absolute Gasteiger partial charge is 0.478 e. The summed E-state index contributed by atoms with van der Waals surface area (Å²) in [7, 11) is 0. The summed E-state index contributed by atoms with van der Waals surface area (Å²) in [5, 5.41) is 0. The molecule has 0 aliphatic heterocycles. The molecule has 1 atom stereocenters. The molecule has 1 unspecified atom stereocenters. The molecule has 0 saturated heterocycles. The number of rotatable bonds is 4. The average molecular weight is 259 g/mol.